The lowest BCUT2D eigenvalue weighted by Gasteiger charge is -2.12. The molecule has 1 rings (SSSR count). The number of hydrazone groups is 1. The van der Waals surface area contributed by atoms with Crippen molar-refractivity contribution in [2.75, 3.05) is 0 Å². The molecule has 0 saturated carbocycles. The van der Waals surface area contributed by atoms with Crippen LogP contribution in [0.2, 0.25) is 0 Å². The van der Waals surface area contributed by atoms with E-state index >= 15 is 0 Å². The molecule has 2 nitrogen and oxygen atoms in total. The molecule has 1 unspecified atom stereocenters. The van der Waals surface area contributed by atoms with Gasteiger partial charge >= 0.3 is 0 Å². The summed E-state index contributed by atoms with van der Waals surface area (Å²) in [5, 5.41) is 3.96. The molecule has 0 bridgehead atoms. The minimum Gasteiger partial charge on any atom is -0.299 e. The molecule has 11 heavy (non-hydrogen) atoms. The monoisotopic (exact) mass is 148 g/mol. The van der Waals surface area contributed by atoms with Crippen LogP contribution in [-0.2, 0) is 0 Å². The van der Waals surface area contributed by atoms with Gasteiger partial charge in [0.2, 0.25) is 0 Å². The van der Waals surface area contributed by atoms with Crippen LogP contribution < -0.4 is 5.43 Å². The molecular formula is C9H12N2. The molecule has 0 aromatic carbocycles. The maximum Gasteiger partial charge on any atom is 0.0810 e. The maximum absolute atomic E-state index is 3.96. The van der Waals surface area contributed by atoms with Crippen LogP contribution in [0.15, 0.2) is 41.6 Å². The molecule has 2 heteroatoms. The number of hydrogen-bond donors (Lipinski definition) is 1. The average molecular weight is 148 g/mol. The van der Waals surface area contributed by atoms with Crippen LogP contribution in [0.25, 0.3) is 0 Å². The summed E-state index contributed by atoms with van der Waals surface area (Å²) < 4.78 is 0. The second-order valence-corrected chi connectivity index (χ2v) is 2.31. The minimum atomic E-state index is 0.220. The minimum absolute atomic E-state index is 0.220. The van der Waals surface area contributed by atoms with Gasteiger partial charge in [-0.15, -0.1) is 0 Å². The van der Waals surface area contributed by atoms with E-state index < -0.39 is 0 Å². The molecule has 0 aromatic rings. The first-order valence-corrected chi connectivity index (χ1v) is 3.62. The summed E-state index contributed by atoms with van der Waals surface area (Å²) in [4.78, 5) is 0. The highest BCUT2D eigenvalue weighted by atomic mass is 15.3. The van der Waals surface area contributed by atoms with Crippen LogP contribution >= 0.6 is 0 Å². The lowest BCUT2D eigenvalue weighted by Crippen LogP contribution is -2.23. The third-order valence-corrected chi connectivity index (χ3v) is 1.44. The first-order chi connectivity index (χ1) is 5.36. The third-order valence-electron chi connectivity index (χ3n) is 1.44. The van der Waals surface area contributed by atoms with Gasteiger partial charge in [-0.3, -0.25) is 5.43 Å². The van der Waals surface area contributed by atoms with Crippen molar-refractivity contribution < 1.29 is 0 Å². The lowest BCUT2D eigenvalue weighted by atomic mass is 10.1. The summed E-state index contributed by atoms with van der Waals surface area (Å²) >= 11 is 0. The number of hydrogen-bond acceptors (Lipinski definition) is 2. The van der Waals surface area contributed by atoms with Crippen LogP contribution in [0.3, 0.4) is 0 Å². The average Bonchev–Trinajstić information content (AvgIpc) is 2.06. The van der Waals surface area contributed by atoms with Gasteiger partial charge in [0, 0.05) is 0 Å². The normalized spacial score (nSPS) is 23.0. The van der Waals surface area contributed by atoms with Crippen molar-refractivity contribution in [3.63, 3.8) is 0 Å². The van der Waals surface area contributed by atoms with Crippen LogP contribution in [0, 0.1) is 0 Å². The molecule has 1 aliphatic heterocycles. The van der Waals surface area contributed by atoms with E-state index in [0.29, 0.717) is 0 Å². The predicted molar refractivity (Wildman–Crippen MR) is 48.5 cm³/mol. The van der Waals surface area contributed by atoms with Gasteiger partial charge in [0.25, 0.3) is 0 Å². The Labute approximate surface area is 67.0 Å². The van der Waals surface area contributed by atoms with Gasteiger partial charge in [-0.05, 0) is 18.6 Å². The van der Waals surface area contributed by atoms with Gasteiger partial charge in [-0.2, -0.15) is 5.10 Å². The topological polar surface area (TPSA) is 24.4 Å². The molecule has 1 N–H and O–H groups in total. The van der Waals surface area contributed by atoms with Crippen molar-refractivity contribution in [1.29, 1.82) is 0 Å². The number of rotatable bonds is 2. The van der Waals surface area contributed by atoms with E-state index in [-0.39, 0.29) is 6.04 Å². The van der Waals surface area contributed by atoms with Crippen LogP contribution in [-0.4, -0.2) is 12.3 Å². The summed E-state index contributed by atoms with van der Waals surface area (Å²) in [5.74, 6) is 0. The highest BCUT2D eigenvalue weighted by molar-refractivity contribution is 5.82. The van der Waals surface area contributed by atoms with Crippen molar-refractivity contribution in [2.45, 2.75) is 13.0 Å². The maximum atomic E-state index is 3.96. The Kier molecular flexibility index (Phi) is 2.66. The SMILES string of the molecule is C=CC1=CC(/C=C\C)NN=C1. The largest absolute Gasteiger partial charge is 0.299 e. The smallest absolute Gasteiger partial charge is 0.0810 e. The Morgan fingerprint density at radius 1 is 1.73 bits per heavy atom. The molecule has 1 aliphatic rings. The Hall–Kier alpha value is -1.31. The lowest BCUT2D eigenvalue weighted by molar-refractivity contribution is 0.715. The molecule has 1 atom stereocenters. The van der Waals surface area contributed by atoms with E-state index in [1.165, 1.54) is 0 Å². The van der Waals surface area contributed by atoms with E-state index in [0.717, 1.165) is 5.57 Å². The summed E-state index contributed by atoms with van der Waals surface area (Å²) in [5.41, 5.74) is 4.00. The van der Waals surface area contributed by atoms with E-state index in [1.54, 1.807) is 12.3 Å². The van der Waals surface area contributed by atoms with Crippen LogP contribution in [0.5, 0.6) is 0 Å². The van der Waals surface area contributed by atoms with Crippen molar-refractivity contribution in [3.8, 4) is 0 Å². The van der Waals surface area contributed by atoms with Crippen molar-refractivity contribution in [2.24, 2.45) is 5.10 Å². The van der Waals surface area contributed by atoms with E-state index in [2.05, 4.69) is 23.2 Å². The second-order valence-electron chi connectivity index (χ2n) is 2.31. The molecule has 0 spiro atoms. The Morgan fingerprint density at radius 2 is 2.55 bits per heavy atom. The molecule has 58 valence electrons. The zero-order valence-corrected chi connectivity index (χ0v) is 6.62. The highest BCUT2D eigenvalue weighted by Crippen LogP contribution is 2.01. The van der Waals surface area contributed by atoms with E-state index in [1.807, 2.05) is 19.1 Å². The van der Waals surface area contributed by atoms with Crippen molar-refractivity contribution in [1.82, 2.24) is 5.43 Å². The molecule has 0 aliphatic carbocycles. The van der Waals surface area contributed by atoms with Gasteiger partial charge in [0.15, 0.2) is 0 Å². The summed E-state index contributed by atoms with van der Waals surface area (Å²) in [6, 6.07) is 0.220. The molecule has 0 saturated heterocycles. The molecule has 0 fully saturated rings. The third kappa shape index (κ3) is 2.08. The van der Waals surface area contributed by atoms with Gasteiger partial charge in [-0.25, -0.2) is 0 Å². The number of nitrogens with zero attached hydrogens (tertiary/aromatic N) is 1. The van der Waals surface area contributed by atoms with Crippen LogP contribution in [0.4, 0.5) is 0 Å². The Bertz CT molecular complexity index is 224. The van der Waals surface area contributed by atoms with Gasteiger partial charge < -0.3 is 0 Å². The van der Waals surface area contributed by atoms with Crippen molar-refractivity contribution >= 4 is 6.21 Å². The van der Waals surface area contributed by atoms with E-state index in [9.17, 15) is 0 Å². The molecule has 0 radical (unpaired) electrons. The quantitative estimate of drug-likeness (QED) is 0.591. The molecule has 0 amide bonds. The van der Waals surface area contributed by atoms with Crippen LogP contribution in [0.1, 0.15) is 6.92 Å². The fourth-order valence-electron chi connectivity index (χ4n) is 0.912. The van der Waals surface area contributed by atoms with Gasteiger partial charge in [0.05, 0.1) is 12.3 Å². The fraction of sp³-hybridized carbons (Fsp3) is 0.222. The zero-order chi connectivity index (χ0) is 8.10. The number of allylic oxidation sites excluding steroid dienone is 3. The summed E-state index contributed by atoms with van der Waals surface area (Å²) in [7, 11) is 0. The first kappa shape index (κ1) is 7.79. The fourth-order valence-corrected chi connectivity index (χ4v) is 0.912. The van der Waals surface area contributed by atoms with E-state index in [4.69, 9.17) is 0 Å². The van der Waals surface area contributed by atoms with Gasteiger partial charge in [-0.1, -0.05) is 24.8 Å². The standard InChI is InChI=1S/C9H12N2/c1-3-5-9-6-8(4-2)7-10-11-9/h3-7,9,11H,2H2,1H3/b5-3-. The Balaban J connectivity index is 2.68. The highest BCUT2D eigenvalue weighted by Gasteiger charge is 2.02. The zero-order valence-electron chi connectivity index (χ0n) is 6.62. The predicted octanol–water partition coefficient (Wildman–Crippen LogP) is 1.63. The first-order valence-electron chi connectivity index (χ1n) is 3.62. The molecular weight excluding hydrogens is 136 g/mol. The molecule has 1 heterocycles. The van der Waals surface area contributed by atoms with Gasteiger partial charge in [0.1, 0.15) is 0 Å². The summed E-state index contributed by atoms with van der Waals surface area (Å²) in [6.07, 6.45) is 9.66. The second kappa shape index (κ2) is 3.76. The summed E-state index contributed by atoms with van der Waals surface area (Å²) in [6.45, 7) is 5.66. The number of nitrogens with one attached hydrogen (secondary N) is 1. The molecule has 0 aromatic heterocycles. The van der Waals surface area contributed by atoms with Crippen molar-refractivity contribution in [3.05, 3.63) is 36.5 Å². The Morgan fingerprint density at radius 3 is 3.18 bits per heavy atom.